The third-order valence-electron chi connectivity index (χ3n) is 4.51. The van der Waals surface area contributed by atoms with E-state index in [0.29, 0.717) is 10.6 Å². The van der Waals surface area contributed by atoms with Crippen LogP contribution in [0.1, 0.15) is 19.4 Å². The number of nitrogens with two attached hydrogens (primary N) is 1. The van der Waals surface area contributed by atoms with E-state index in [1.54, 1.807) is 38.1 Å². The number of imide groups is 1. The molecule has 12 heteroatoms. The van der Waals surface area contributed by atoms with Gasteiger partial charge in [0.2, 0.25) is 5.91 Å². The summed E-state index contributed by atoms with van der Waals surface area (Å²) in [5.41, 5.74) is 4.37. The Kier molecular flexibility index (Phi) is 7.33. The number of rotatable bonds is 6. The standard InChI is InChI=1S/C21H19ClF3N5O2S/c1-11(2)16(18(31)27-19(26)32)33-20-29-28-17(12-6-5-7-13(22)10-12)30(20)15-9-4-3-8-14(15)21(23,24)25/h3-11,16H,1-2H3,(H3,26,27,31,32)/t16-/m0/s1. The molecular weight excluding hydrogens is 479 g/mol. The summed E-state index contributed by atoms with van der Waals surface area (Å²) in [6.07, 6.45) is -4.66. The Labute approximate surface area is 196 Å². The fourth-order valence-corrected chi connectivity index (χ4v) is 4.32. The van der Waals surface area contributed by atoms with Gasteiger partial charge in [-0.15, -0.1) is 10.2 Å². The first-order valence-electron chi connectivity index (χ1n) is 9.64. The molecule has 0 spiro atoms. The highest BCUT2D eigenvalue weighted by Gasteiger charge is 2.36. The maximum atomic E-state index is 13.8. The fraction of sp³-hybridized carbons (Fsp3) is 0.238. The van der Waals surface area contributed by atoms with Crippen molar-refractivity contribution in [3.63, 3.8) is 0 Å². The highest BCUT2D eigenvalue weighted by atomic mass is 35.5. The Morgan fingerprint density at radius 1 is 1.12 bits per heavy atom. The van der Waals surface area contributed by atoms with Gasteiger partial charge in [-0.3, -0.25) is 14.7 Å². The molecule has 0 radical (unpaired) electrons. The zero-order valence-corrected chi connectivity index (χ0v) is 19.0. The number of aromatic nitrogens is 3. The number of halogens is 4. The van der Waals surface area contributed by atoms with Crippen LogP contribution in [0.3, 0.4) is 0 Å². The summed E-state index contributed by atoms with van der Waals surface area (Å²) in [5, 5.41) is 9.69. The Morgan fingerprint density at radius 3 is 2.42 bits per heavy atom. The number of hydrogen-bond acceptors (Lipinski definition) is 5. The monoisotopic (exact) mass is 497 g/mol. The van der Waals surface area contributed by atoms with Gasteiger partial charge in [0.05, 0.1) is 16.5 Å². The normalized spacial score (nSPS) is 12.6. The number of benzene rings is 2. The van der Waals surface area contributed by atoms with Crippen molar-refractivity contribution in [1.82, 2.24) is 20.1 Å². The molecule has 3 rings (SSSR count). The van der Waals surface area contributed by atoms with E-state index in [4.69, 9.17) is 17.3 Å². The lowest BCUT2D eigenvalue weighted by Crippen LogP contribution is -2.42. The molecule has 0 aliphatic heterocycles. The molecule has 1 heterocycles. The summed E-state index contributed by atoms with van der Waals surface area (Å²) in [6.45, 7) is 3.45. The molecule has 3 aromatic rings. The Bertz CT molecular complexity index is 1180. The van der Waals surface area contributed by atoms with E-state index in [0.717, 1.165) is 17.8 Å². The fourth-order valence-electron chi connectivity index (χ4n) is 3.08. The van der Waals surface area contributed by atoms with Crippen LogP contribution in [0.25, 0.3) is 17.1 Å². The average Bonchev–Trinajstić information content (AvgIpc) is 3.14. The second-order valence-electron chi connectivity index (χ2n) is 7.30. The second-order valence-corrected chi connectivity index (χ2v) is 8.85. The molecule has 3 N–H and O–H groups in total. The van der Waals surface area contributed by atoms with E-state index in [-0.39, 0.29) is 22.6 Å². The SMILES string of the molecule is CC(C)[C@H](Sc1nnc(-c2cccc(Cl)c2)n1-c1ccccc1C(F)(F)F)C(=O)NC(N)=O. The molecule has 3 amide bonds. The van der Waals surface area contributed by atoms with Gasteiger partial charge in [0.15, 0.2) is 11.0 Å². The Morgan fingerprint density at radius 2 is 1.82 bits per heavy atom. The van der Waals surface area contributed by atoms with Crippen molar-refractivity contribution in [1.29, 1.82) is 0 Å². The number of urea groups is 1. The van der Waals surface area contributed by atoms with Crippen LogP contribution in [0, 0.1) is 5.92 Å². The lowest BCUT2D eigenvalue weighted by molar-refractivity contribution is -0.137. The van der Waals surface area contributed by atoms with Gasteiger partial charge in [0.25, 0.3) is 0 Å². The van der Waals surface area contributed by atoms with Gasteiger partial charge in [-0.1, -0.05) is 61.5 Å². The maximum Gasteiger partial charge on any atom is 0.418 e. The third-order valence-corrected chi connectivity index (χ3v) is 6.23. The van der Waals surface area contributed by atoms with E-state index < -0.39 is 28.9 Å². The topological polar surface area (TPSA) is 103 Å². The number of nitrogens with zero attached hydrogens (tertiary/aromatic N) is 3. The van der Waals surface area contributed by atoms with Crippen LogP contribution in [0.4, 0.5) is 18.0 Å². The number of carbonyl (C=O) groups is 2. The first kappa shape index (κ1) is 24.6. The van der Waals surface area contributed by atoms with E-state index in [1.165, 1.54) is 22.8 Å². The summed E-state index contributed by atoms with van der Waals surface area (Å²) in [7, 11) is 0. The molecule has 1 aromatic heterocycles. The Hall–Kier alpha value is -3.05. The lowest BCUT2D eigenvalue weighted by Gasteiger charge is -2.20. The van der Waals surface area contributed by atoms with Gasteiger partial charge in [-0.05, 0) is 30.2 Å². The number of primary amides is 1. The molecule has 0 unspecified atom stereocenters. The van der Waals surface area contributed by atoms with Gasteiger partial charge in [-0.2, -0.15) is 13.2 Å². The number of para-hydroxylation sites is 1. The summed E-state index contributed by atoms with van der Waals surface area (Å²) in [5.74, 6) is -0.896. The molecule has 1 atom stereocenters. The molecule has 0 aliphatic rings. The molecule has 0 bridgehead atoms. The number of carbonyl (C=O) groups excluding carboxylic acids is 2. The maximum absolute atomic E-state index is 13.8. The van der Waals surface area contributed by atoms with Crippen molar-refractivity contribution in [3.05, 3.63) is 59.1 Å². The number of hydrogen-bond donors (Lipinski definition) is 2. The summed E-state index contributed by atoms with van der Waals surface area (Å²) < 4.78 is 42.7. The van der Waals surface area contributed by atoms with E-state index >= 15 is 0 Å². The molecular formula is C21H19ClF3N5O2S. The summed E-state index contributed by atoms with van der Waals surface area (Å²) in [6, 6.07) is 10.4. The van der Waals surface area contributed by atoms with Crippen molar-refractivity contribution in [2.45, 2.75) is 30.4 Å². The molecule has 0 saturated carbocycles. The quantitative estimate of drug-likeness (QED) is 0.471. The zero-order valence-electron chi connectivity index (χ0n) is 17.4. The largest absolute Gasteiger partial charge is 0.418 e. The molecule has 0 fully saturated rings. The number of nitrogens with one attached hydrogen (secondary N) is 1. The van der Waals surface area contributed by atoms with Crippen molar-refractivity contribution in [2.75, 3.05) is 0 Å². The lowest BCUT2D eigenvalue weighted by atomic mass is 10.1. The van der Waals surface area contributed by atoms with Gasteiger partial charge in [0, 0.05) is 10.6 Å². The highest BCUT2D eigenvalue weighted by Crippen LogP contribution is 2.39. The molecule has 33 heavy (non-hydrogen) atoms. The minimum absolute atomic E-state index is 0.0278. The van der Waals surface area contributed by atoms with Gasteiger partial charge >= 0.3 is 12.2 Å². The Balaban J connectivity index is 2.21. The highest BCUT2D eigenvalue weighted by molar-refractivity contribution is 8.00. The molecule has 174 valence electrons. The van der Waals surface area contributed by atoms with Crippen LogP contribution in [-0.2, 0) is 11.0 Å². The number of amides is 3. The van der Waals surface area contributed by atoms with Gasteiger partial charge in [0.1, 0.15) is 0 Å². The third kappa shape index (κ3) is 5.66. The van der Waals surface area contributed by atoms with Crippen molar-refractivity contribution in [2.24, 2.45) is 11.7 Å². The summed E-state index contributed by atoms with van der Waals surface area (Å²) in [4.78, 5) is 23.7. The van der Waals surface area contributed by atoms with Crippen LogP contribution in [0.2, 0.25) is 5.02 Å². The predicted octanol–water partition coefficient (Wildman–Crippen LogP) is 4.92. The molecule has 2 aromatic carbocycles. The van der Waals surface area contributed by atoms with Crippen LogP contribution in [-0.4, -0.2) is 32.0 Å². The van der Waals surface area contributed by atoms with Crippen molar-refractivity contribution >= 4 is 35.3 Å². The minimum Gasteiger partial charge on any atom is -0.351 e. The summed E-state index contributed by atoms with van der Waals surface area (Å²) >= 11 is 6.96. The van der Waals surface area contributed by atoms with E-state index in [1.807, 2.05) is 5.32 Å². The number of alkyl halides is 3. The predicted molar refractivity (Wildman–Crippen MR) is 119 cm³/mol. The van der Waals surface area contributed by atoms with Crippen LogP contribution < -0.4 is 11.1 Å². The van der Waals surface area contributed by atoms with Gasteiger partial charge < -0.3 is 5.73 Å². The molecule has 0 saturated heterocycles. The molecule has 7 nitrogen and oxygen atoms in total. The van der Waals surface area contributed by atoms with E-state index in [2.05, 4.69) is 10.2 Å². The zero-order chi connectivity index (χ0) is 24.3. The second kappa shape index (κ2) is 9.84. The van der Waals surface area contributed by atoms with Crippen LogP contribution in [0.15, 0.2) is 53.7 Å². The van der Waals surface area contributed by atoms with Crippen LogP contribution in [0.5, 0.6) is 0 Å². The van der Waals surface area contributed by atoms with Crippen molar-refractivity contribution in [3.8, 4) is 17.1 Å². The van der Waals surface area contributed by atoms with Gasteiger partial charge in [-0.25, -0.2) is 4.79 Å². The first-order valence-corrected chi connectivity index (χ1v) is 10.9. The number of thioether (sulfide) groups is 1. The van der Waals surface area contributed by atoms with Crippen LogP contribution >= 0.6 is 23.4 Å². The minimum atomic E-state index is -4.66. The first-order chi connectivity index (χ1) is 15.5. The smallest absolute Gasteiger partial charge is 0.351 e. The van der Waals surface area contributed by atoms with Crippen molar-refractivity contribution < 1.29 is 22.8 Å². The van der Waals surface area contributed by atoms with E-state index in [9.17, 15) is 22.8 Å². The molecule has 0 aliphatic carbocycles. The average molecular weight is 498 g/mol.